The van der Waals surface area contributed by atoms with Crippen LogP contribution in [0.15, 0.2) is 41.2 Å². The summed E-state index contributed by atoms with van der Waals surface area (Å²) in [4.78, 5) is 8.54. The minimum atomic E-state index is -3.21. The van der Waals surface area contributed by atoms with Gasteiger partial charge in [-0.3, -0.25) is 0 Å². The molecular weight excluding hydrogens is 473 g/mol. The Morgan fingerprint density at radius 3 is 2.52 bits per heavy atom. The third kappa shape index (κ3) is 4.56. The van der Waals surface area contributed by atoms with E-state index in [4.69, 9.17) is 27.7 Å². The summed E-state index contributed by atoms with van der Waals surface area (Å²) in [5, 5.41) is 4.19. The lowest BCUT2D eigenvalue weighted by atomic mass is 10.1. The van der Waals surface area contributed by atoms with Crippen LogP contribution < -0.4 is 0 Å². The first kappa shape index (κ1) is 21.7. The maximum Gasteiger partial charge on any atom is 0.278 e. The molecule has 0 atom stereocenters. The largest absolute Gasteiger partial charge is 0.332 e. The van der Waals surface area contributed by atoms with Gasteiger partial charge in [-0.05, 0) is 23.8 Å². The van der Waals surface area contributed by atoms with Gasteiger partial charge in [-0.2, -0.15) is 4.98 Å². The number of sulfone groups is 1. The normalized spacial score (nSPS) is 12.6. The minimum absolute atomic E-state index is 0.0378. The highest BCUT2D eigenvalue weighted by Gasteiger charge is 2.26. The molecule has 0 spiro atoms. The number of hydrogen-bond acceptors (Lipinski definition) is 6. The van der Waals surface area contributed by atoms with Gasteiger partial charge in [0.05, 0.1) is 15.8 Å². The van der Waals surface area contributed by atoms with Gasteiger partial charge in [-0.25, -0.2) is 22.2 Å². The van der Waals surface area contributed by atoms with Gasteiger partial charge in [0, 0.05) is 36.7 Å². The van der Waals surface area contributed by atoms with Crippen LogP contribution in [-0.4, -0.2) is 34.2 Å². The van der Waals surface area contributed by atoms with E-state index in [-0.39, 0.29) is 44.4 Å². The van der Waals surface area contributed by atoms with E-state index in [1.807, 2.05) is 0 Å². The van der Waals surface area contributed by atoms with Crippen molar-refractivity contribution in [2.24, 2.45) is 0 Å². The van der Waals surface area contributed by atoms with Crippen molar-refractivity contribution >= 4 is 38.7 Å². The van der Waals surface area contributed by atoms with E-state index in [9.17, 15) is 17.2 Å². The molecule has 31 heavy (non-hydrogen) atoms. The number of nitrogens with zero attached hydrogens (tertiary/aromatic N) is 4. The van der Waals surface area contributed by atoms with Crippen molar-refractivity contribution in [2.45, 2.75) is 18.6 Å². The van der Waals surface area contributed by atoms with E-state index in [1.54, 1.807) is 12.1 Å². The van der Waals surface area contributed by atoms with E-state index < -0.39 is 15.8 Å². The van der Waals surface area contributed by atoms with Gasteiger partial charge in [0.2, 0.25) is 5.82 Å². The summed E-state index contributed by atoms with van der Waals surface area (Å²) >= 11 is 12.4. The molecule has 0 aliphatic rings. The fraction of sp³-hybridized carbons (Fsp3) is 0.211. The van der Waals surface area contributed by atoms with Crippen molar-refractivity contribution in [3.63, 3.8) is 0 Å². The Morgan fingerprint density at radius 2 is 1.87 bits per heavy atom. The summed E-state index contributed by atoms with van der Waals surface area (Å²) in [5.41, 5.74) is 1.19. The zero-order chi connectivity index (χ0) is 22.6. The highest BCUT2D eigenvalue weighted by Crippen LogP contribution is 2.33. The lowest BCUT2D eigenvalue weighted by Crippen LogP contribution is -2.08. The molecule has 162 valence electrons. The zero-order valence-electron chi connectivity index (χ0n) is 16.1. The van der Waals surface area contributed by atoms with Crippen LogP contribution >= 0.6 is 23.2 Å². The van der Waals surface area contributed by atoms with Gasteiger partial charge < -0.3 is 8.92 Å². The predicted molar refractivity (Wildman–Crippen MR) is 112 cm³/mol. The van der Waals surface area contributed by atoms with Gasteiger partial charge in [-0.1, -0.05) is 34.4 Å². The Kier molecular flexibility index (Phi) is 5.27. The quantitative estimate of drug-likeness (QED) is 0.393. The molecule has 3 aromatic heterocycles. The third-order valence-electron chi connectivity index (χ3n) is 4.36. The molecular formula is C19H14Cl2F2N4O3S. The number of benzene rings is 1. The molecule has 0 amide bonds. The van der Waals surface area contributed by atoms with Crippen molar-refractivity contribution in [3.05, 3.63) is 57.8 Å². The fourth-order valence-corrected chi connectivity index (χ4v) is 4.30. The summed E-state index contributed by atoms with van der Waals surface area (Å²) in [6, 6.07) is 5.87. The molecule has 4 rings (SSSR count). The SMILES string of the molecule is CC(F)(F)c1cc(Cl)c2nc(-c3nc(-c4ccc(CS(C)(=O)=O)cc4Cl)no3)cn2c1. The Bertz CT molecular complexity index is 1410. The van der Waals surface area contributed by atoms with Gasteiger partial charge in [-0.15, -0.1) is 0 Å². The second kappa shape index (κ2) is 7.54. The van der Waals surface area contributed by atoms with Crippen LogP contribution in [0.4, 0.5) is 8.78 Å². The number of alkyl halides is 2. The summed E-state index contributed by atoms with van der Waals surface area (Å²) in [6.07, 6.45) is 3.81. The van der Waals surface area contributed by atoms with Crippen molar-refractivity contribution in [1.82, 2.24) is 19.5 Å². The van der Waals surface area contributed by atoms with Crippen molar-refractivity contribution < 1.29 is 21.7 Å². The second-order valence-corrected chi connectivity index (χ2v) is 10.1. The number of halogens is 4. The van der Waals surface area contributed by atoms with E-state index in [0.29, 0.717) is 11.1 Å². The van der Waals surface area contributed by atoms with Crippen LogP contribution in [0, 0.1) is 0 Å². The molecule has 0 radical (unpaired) electrons. The minimum Gasteiger partial charge on any atom is -0.332 e. The molecule has 0 saturated carbocycles. The van der Waals surface area contributed by atoms with Gasteiger partial charge in [0.25, 0.3) is 11.8 Å². The van der Waals surface area contributed by atoms with E-state index in [1.165, 1.54) is 22.9 Å². The number of hydrogen-bond donors (Lipinski definition) is 0. The Hall–Kier alpha value is -2.56. The van der Waals surface area contributed by atoms with Gasteiger partial charge in [0.1, 0.15) is 5.69 Å². The molecule has 0 saturated heterocycles. The van der Waals surface area contributed by atoms with Gasteiger partial charge >= 0.3 is 0 Å². The Labute approximate surface area is 185 Å². The van der Waals surface area contributed by atoms with Crippen molar-refractivity contribution in [1.29, 1.82) is 0 Å². The highest BCUT2D eigenvalue weighted by atomic mass is 35.5. The van der Waals surface area contributed by atoms with E-state index in [2.05, 4.69) is 15.1 Å². The van der Waals surface area contributed by atoms with Crippen LogP contribution in [0.25, 0.3) is 28.6 Å². The van der Waals surface area contributed by atoms with Crippen molar-refractivity contribution in [2.75, 3.05) is 6.26 Å². The van der Waals surface area contributed by atoms with Crippen LogP contribution in [0.2, 0.25) is 10.0 Å². The smallest absolute Gasteiger partial charge is 0.278 e. The monoisotopic (exact) mass is 486 g/mol. The average Bonchev–Trinajstić information content (AvgIpc) is 3.26. The summed E-state index contributed by atoms with van der Waals surface area (Å²) < 4.78 is 56.9. The van der Waals surface area contributed by atoms with Crippen LogP contribution in [-0.2, 0) is 21.5 Å². The maximum atomic E-state index is 13.7. The Balaban J connectivity index is 1.69. The molecule has 0 aliphatic carbocycles. The molecule has 1 aromatic carbocycles. The van der Waals surface area contributed by atoms with E-state index >= 15 is 0 Å². The summed E-state index contributed by atoms with van der Waals surface area (Å²) in [7, 11) is -3.21. The molecule has 0 N–H and O–H groups in total. The number of pyridine rings is 1. The first-order valence-electron chi connectivity index (χ1n) is 8.78. The fourth-order valence-electron chi connectivity index (χ4n) is 2.97. The van der Waals surface area contributed by atoms with Crippen molar-refractivity contribution in [3.8, 4) is 23.0 Å². The summed E-state index contributed by atoms with van der Waals surface area (Å²) in [5.74, 6) is -3.02. The molecule has 0 bridgehead atoms. The van der Waals surface area contributed by atoms with Crippen LogP contribution in [0.1, 0.15) is 18.1 Å². The Morgan fingerprint density at radius 1 is 1.13 bits per heavy atom. The molecule has 0 fully saturated rings. The molecule has 12 heteroatoms. The number of aromatic nitrogens is 4. The molecule has 0 unspecified atom stereocenters. The lowest BCUT2D eigenvalue weighted by Gasteiger charge is -2.11. The number of rotatable bonds is 5. The number of fused-ring (bicyclic) bond motifs is 1. The zero-order valence-corrected chi connectivity index (χ0v) is 18.4. The molecule has 3 heterocycles. The highest BCUT2D eigenvalue weighted by molar-refractivity contribution is 7.89. The standard InChI is InChI=1S/C19H14Cl2F2N4O3S/c1-19(22,23)11-6-14(21)17-24-15(8-27(17)7-11)18-25-16(26-30-18)12-4-3-10(5-13(12)20)9-31(2,28)29/h3-8H,9H2,1-2H3. The molecule has 0 aliphatic heterocycles. The second-order valence-electron chi connectivity index (χ2n) is 7.13. The lowest BCUT2D eigenvalue weighted by molar-refractivity contribution is 0.0170. The summed E-state index contributed by atoms with van der Waals surface area (Å²) in [6.45, 7) is 0.775. The van der Waals surface area contributed by atoms with Gasteiger partial charge in [0.15, 0.2) is 15.5 Å². The molecule has 4 aromatic rings. The molecule has 7 nitrogen and oxygen atoms in total. The predicted octanol–water partition coefficient (Wildman–Crippen LogP) is 5.01. The third-order valence-corrected chi connectivity index (χ3v) is 5.81. The van der Waals surface area contributed by atoms with Crippen LogP contribution in [0.5, 0.6) is 0 Å². The topological polar surface area (TPSA) is 90.4 Å². The average molecular weight is 487 g/mol. The van der Waals surface area contributed by atoms with Crippen LogP contribution in [0.3, 0.4) is 0 Å². The first-order valence-corrected chi connectivity index (χ1v) is 11.6. The van der Waals surface area contributed by atoms with E-state index in [0.717, 1.165) is 19.2 Å². The first-order chi connectivity index (χ1) is 14.4. The maximum absolute atomic E-state index is 13.7. The number of imidazole rings is 1.